The Labute approximate surface area is 158 Å². The van der Waals surface area contributed by atoms with Gasteiger partial charge in [0.15, 0.2) is 11.5 Å². The first kappa shape index (κ1) is 18.7. The molecular formula is C21H22N2O4. The van der Waals surface area contributed by atoms with Crippen LogP contribution in [0.1, 0.15) is 17.2 Å². The van der Waals surface area contributed by atoms with Crippen LogP contribution in [0.4, 0.5) is 0 Å². The summed E-state index contributed by atoms with van der Waals surface area (Å²) in [6, 6.07) is 12.3. The smallest absolute Gasteiger partial charge is 0.325 e. The largest absolute Gasteiger partial charge is 0.493 e. The van der Waals surface area contributed by atoms with Gasteiger partial charge >= 0.3 is 5.97 Å². The predicted molar refractivity (Wildman–Crippen MR) is 103 cm³/mol. The van der Waals surface area contributed by atoms with Crippen molar-refractivity contribution in [1.82, 2.24) is 9.88 Å². The summed E-state index contributed by atoms with van der Waals surface area (Å²) in [4.78, 5) is 18.0. The number of ether oxygens (including phenoxy) is 2. The van der Waals surface area contributed by atoms with Gasteiger partial charge in [-0.15, -0.1) is 0 Å². The van der Waals surface area contributed by atoms with Crippen molar-refractivity contribution in [2.45, 2.75) is 12.6 Å². The molecule has 2 aromatic carbocycles. The summed E-state index contributed by atoms with van der Waals surface area (Å²) in [6.07, 6.45) is 3.55. The van der Waals surface area contributed by atoms with Gasteiger partial charge < -0.3 is 14.6 Å². The molecule has 0 aliphatic carbocycles. The van der Waals surface area contributed by atoms with Crippen molar-refractivity contribution in [1.29, 1.82) is 0 Å². The number of fused-ring (bicyclic) bond motifs is 1. The van der Waals surface area contributed by atoms with Crippen LogP contribution >= 0.6 is 0 Å². The van der Waals surface area contributed by atoms with Crippen molar-refractivity contribution < 1.29 is 19.4 Å². The van der Waals surface area contributed by atoms with Gasteiger partial charge in [-0.2, -0.15) is 0 Å². The molecule has 140 valence electrons. The zero-order chi connectivity index (χ0) is 19.4. The molecule has 0 aliphatic heterocycles. The first-order valence-electron chi connectivity index (χ1n) is 8.51. The maximum atomic E-state index is 12.0. The molecule has 3 aromatic rings. The van der Waals surface area contributed by atoms with Gasteiger partial charge in [-0.25, -0.2) is 0 Å². The van der Waals surface area contributed by atoms with Gasteiger partial charge in [-0.1, -0.05) is 24.3 Å². The van der Waals surface area contributed by atoms with Crippen LogP contribution in [0.5, 0.6) is 11.5 Å². The van der Waals surface area contributed by atoms with E-state index < -0.39 is 12.0 Å². The van der Waals surface area contributed by atoms with E-state index in [0.29, 0.717) is 23.6 Å². The topological polar surface area (TPSA) is 71.9 Å². The van der Waals surface area contributed by atoms with Crippen molar-refractivity contribution in [3.05, 3.63) is 66.0 Å². The van der Waals surface area contributed by atoms with Gasteiger partial charge in [0.2, 0.25) is 0 Å². The number of hydrogen-bond acceptors (Lipinski definition) is 5. The maximum Gasteiger partial charge on any atom is 0.325 e. The Balaban J connectivity index is 1.94. The normalized spacial score (nSPS) is 12.1. The van der Waals surface area contributed by atoms with Crippen LogP contribution in [-0.4, -0.2) is 42.2 Å². The zero-order valence-corrected chi connectivity index (χ0v) is 15.5. The third kappa shape index (κ3) is 3.85. The van der Waals surface area contributed by atoms with E-state index in [0.717, 1.165) is 16.3 Å². The lowest BCUT2D eigenvalue weighted by molar-refractivity contribution is -0.143. The van der Waals surface area contributed by atoms with E-state index >= 15 is 0 Å². The van der Waals surface area contributed by atoms with Crippen molar-refractivity contribution in [2.75, 3.05) is 21.3 Å². The average molecular weight is 366 g/mol. The van der Waals surface area contributed by atoms with Gasteiger partial charge in [0.1, 0.15) is 6.04 Å². The second-order valence-corrected chi connectivity index (χ2v) is 6.28. The number of methoxy groups -OCH3 is 2. The minimum absolute atomic E-state index is 0.479. The van der Waals surface area contributed by atoms with Crippen LogP contribution in [0.3, 0.4) is 0 Å². The summed E-state index contributed by atoms with van der Waals surface area (Å²) in [7, 11) is 4.88. The Kier molecular flexibility index (Phi) is 5.57. The lowest BCUT2D eigenvalue weighted by Gasteiger charge is -2.26. The molecule has 0 aliphatic rings. The second kappa shape index (κ2) is 8.05. The second-order valence-electron chi connectivity index (χ2n) is 6.28. The molecule has 0 saturated heterocycles. The number of carboxylic acid groups (broad SMARTS) is 1. The molecule has 6 nitrogen and oxygen atoms in total. The van der Waals surface area contributed by atoms with Crippen molar-refractivity contribution in [2.24, 2.45) is 0 Å². The number of rotatable bonds is 7. The van der Waals surface area contributed by atoms with Crippen LogP contribution in [0, 0.1) is 0 Å². The Bertz CT molecular complexity index is 953. The average Bonchev–Trinajstić information content (AvgIpc) is 2.68. The van der Waals surface area contributed by atoms with Gasteiger partial charge in [-0.05, 0) is 41.8 Å². The van der Waals surface area contributed by atoms with Gasteiger partial charge in [-0.3, -0.25) is 14.7 Å². The van der Waals surface area contributed by atoms with Crippen molar-refractivity contribution in [3.63, 3.8) is 0 Å². The summed E-state index contributed by atoms with van der Waals surface area (Å²) in [6.45, 7) is 0.479. The Morgan fingerprint density at radius 3 is 2.63 bits per heavy atom. The summed E-state index contributed by atoms with van der Waals surface area (Å²) >= 11 is 0. The first-order valence-corrected chi connectivity index (χ1v) is 8.51. The third-order valence-electron chi connectivity index (χ3n) is 4.59. The molecule has 27 heavy (non-hydrogen) atoms. The van der Waals surface area contributed by atoms with Crippen molar-refractivity contribution >= 4 is 16.7 Å². The Morgan fingerprint density at radius 1 is 1.15 bits per heavy atom. The van der Waals surface area contributed by atoms with Gasteiger partial charge in [0, 0.05) is 24.3 Å². The number of pyridine rings is 1. The molecule has 6 heteroatoms. The SMILES string of the molecule is COc1ccc(C(C(=O)O)N(C)Cc2cccc3cnccc23)cc1OC. The summed E-state index contributed by atoms with van der Waals surface area (Å²) in [5, 5.41) is 11.9. The van der Waals surface area contributed by atoms with E-state index in [1.54, 1.807) is 43.5 Å². The highest BCUT2D eigenvalue weighted by Crippen LogP contribution is 2.32. The number of carbonyl (C=O) groups is 1. The summed E-state index contributed by atoms with van der Waals surface area (Å²) in [5.41, 5.74) is 1.67. The summed E-state index contributed by atoms with van der Waals surface area (Å²) < 4.78 is 10.6. The molecule has 3 rings (SSSR count). The summed E-state index contributed by atoms with van der Waals surface area (Å²) in [5.74, 6) is 0.145. The Morgan fingerprint density at radius 2 is 1.93 bits per heavy atom. The quantitative estimate of drug-likeness (QED) is 0.690. The fourth-order valence-corrected chi connectivity index (χ4v) is 3.30. The van der Waals surface area contributed by atoms with E-state index in [1.807, 2.05) is 30.5 Å². The van der Waals surface area contributed by atoms with E-state index in [1.165, 1.54) is 7.11 Å². The van der Waals surface area contributed by atoms with E-state index in [-0.39, 0.29) is 0 Å². The number of hydrogen-bond donors (Lipinski definition) is 1. The molecule has 1 heterocycles. The lowest BCUT2D eigenvalue weighted by Crippen LogP contribution is -2.30. The fourth-order valence-electron chi connectivity index (χ4n) is 3.30. The molecule has 0 amide bonds. The molecule has 1 N–H and O–H groups in total. The number of nitrogens with zero attached hydrogens (tertiary/aromatic N) is 2. The van der Waals surface area contributed by atoms with E-state index in [2.05, 4.69) is 4.98 Å². The molecule has 0 bridgehead atoms. The van der Waals surface area contributed by atoms with Crippen LogP contribution in [-0.2, 0) is 11.3 Å². The van der Waals surface area contributed by atoms with Gasteiger partial charge in [0.05, 0.1) is 14.2 Å². The van der Waals surface area contributed by atoms with Crippen LogP contribution in [0.2, 0.25) is 0 Å². The van der Waals surface area contributed by atoms with Crippen LogP contribution in [0.25, 0.3) is 10.8 Å². The molecule has 0 radical (unpaired) electrons. The van der Waals surface area contributed by atoms with E-state index in [9.17, 15) is 9.90 Å². The highest BCUT2D eigenvalue weighted by molar-refractivity contribution is 5.84. The molecule has 1 atom stereocenters. The highest BCUT2D eigenvalue weighted by atomic mass is 16.5. The molecular weight excluding hydrogens is 344 g/mol. The highest BCUT2D eigenvalue weighted by Gasteiger charge is 2.26. The molecule has 0 spiro atoms. The molecule has 0 fully saturated rings. The monoisotopic (exact) mass is 366 g/mol. The zero-order valence-electron chi connectivity index (χ0n) is 15.5. The number of aromatic nitrogens is 1. The molecule has 1 unspecified atom stereocenters. The number of aliphatic carboxylic acids is 1. The van der Waals surface area contributed by atoms with Gasteiger partial charge in [0.25, 0.3) is 0 Å². The molecule has 0 saturated carbocycles. The predicted octanol–water partition coefficient (Wildman–Crippen LogP) is 3.51. The Hall–Kier alpha value is -3.12. The third-order valence-corrected chi connectivity index (χ3v) is 4.59. The molecule has 1 aromatic heterocycles. The number of likely N-dealkylation sites (N-methyl/N-ethyl adjacent to an activating group) is 1. The number of benzene rings is 2. The lowest BCUT2D eigenvalue weighted by atomic mass is 10.0. The number of carboxylic acids is 1. The first-order chi connectivity index (χ1) is 13.0. The fraction of sp³-hybridized carbons (Fsp3) is 0.238. The standard InChI is InChI=1S/C21H22N2O4/c1-23(13-16-6-4-5-15-12-22-10-9-17(15)16)20(21(24)25)14-7-8-18(26-2)19(11-14)27-3/h4-12,20H,13H2,1-3H3,(H,24,25). The minimum Gasteiger partial charge on any atom is -0.493 e. The van der Waals surface area contributed by atoms with Crippen LogP contribution < -0.4 is 9.47 Å². The maximum absolute atomic E-state index is 12.0. The minimum atomic E-state index is -0.924. The van der Waals surface area contributed by atoms with Crippen LogP contribution in [0.15, 0.2) is 54.9 Å². The van der Waals surface area contributed by atoms with Crippen molar-refractivity contribution in [3.8, 4) is 11.5 Å². The van der Waals surface area contributed by atoms with E-state index in [4.69, 9.17) is 9.47 Å².